The number of aryl methyl sites for hydroxylation is 2. The third-order valence-corrected chi connectivity index (χ3v) is 2.93. The smallest absolute Gasteiger partial charge is 0.262 e. The van der Waals surface area contributed by atoms with Crippen molar-refractivity contribution in [1.82, 2.24) is 0 Å². The summed E-state index contributed by atoms with van der Waals surface area (Å²) in [5, 5.41) is 2.63. The number of anilines is 2. The van der Waals surface area contributed by atoms with E-state index in [4.69, 9.17) is 10.5 Å². The highest BCUT2D eigenvalue weighted by atomic mass is 19.1. The summed E-state index contributed by atoms with van der Waals surface area (Å²) in [5.74, 6) is -0.836. The van der Waals surface area contributed by atoms with Crippen LogP contribution in [0.5, 0.6) is 5.75 Å². The number of rotatable bonds is 4. The molecule has 5 heteroatoms. The first-order valence-corrected chi connectivity index (χ1v) is 6.50. The van der Waals surface area contributed by atoms with Crippen LogP contribution in [0.4, 0.5) is 15.8 Å². The number of hydrogen-bond acceptors (Lipinski definition) is 3. The Kier molecular flexibility index (Phi) is 4.42. The van der Waals surface area contributed by atoms with Crippen LogP contribution in [0.2, 0.25) is 0 Å². The van der Waals surface area contributed by atoms with Crippen LogP contribution in [0, 0.1) is 19.7 Å². The average Bonchev–Trinajstić information content (AvgIpc) is 2.43. The lowest BCUT2D eigenvalue weighted by Crippen LogP contribution is -2.21. The molecule has 1 amide bonds. The maximum Gasteiger partial charge on any atom is 0.262 e. The van der Waals surface area contributed by atoms with Crippen molar-refractivity contribution < 1.29 is 13.9 Å². The van der Waals surface area contributed by atoms with Crippen LogP contribution in [0.25, 0.3) is 0 Å². The zero-order valence-corrected chi connectivity index (χ0v) is 11.9. The first-order chi connectivity index (χ1) is 9.95. The van der Waals surface area contributed by atoms with Gasteiger partial charge in [0.25, 0.3) is 5.91 Å². The second kappa shape index (κ2) is 6.26. The summed E-state index contributed by atoms with van der Waals surface area (Å²) in [5.41, 5.74) is 8.65. The highest BCUT2D eigenvalue weighted by Crippen LogP contribution is 2.20. The first kappa shape index (κ1) is 14.8. The maximum absolute atomic E-state index is 13.5. The number of nitrogens with one attached hydrogen (secondary N) is 1. The highest BCUT2D eigenvalue weighted by Gasteiger charge is 2.09. The monoisotopic (exact) mass is 288 g/mol. The topological polar surface area (TPSA) is 64.3 Å². The SMILES string of the molecule is Cc1ccc(NC(=O)COc2cc(C)ccc2F)c(N)c1. The van der Waals surface area contributed by atoms with Crippen molar-refractivity contribution in [3.8, 4) is 5.75 Å². The van der Waals surface area contributed by atoms with Crippen LogP contribution in [0.3, 0.4) is 0 Å². The summed E-state index contributed by atoms with van der Waals surface area (Å²) in [6, 6.07) is 9.80. The van der Waals surface area contributed by atoms with E-state index in [9.17, 15) is 9.18 Å². The lowest BCUT2D eigenvalue weighted by atomic mass is 10.2. The zero-order valence-electron chi connectivity index (χ0n) is 11.9. The number of amides is 1. The molecule has 3 N–H and O–H groups in total. The normalized spacial score (nSPS) is 10.2. The van der Waals surface area contributed by atoms with Gasteiger partial charge in [-0.1, -0.05) is 12.1 Å². The molecule has 0 radical (unpaired) electrons. The van der Waals surface area contributed by atoms with Crippen molar-refractivity contribution >= 4 is 17.3 Å². The molecule has 0 aliphatic carbocycles. The number of carbonyl (C=O) groups is 1. The van der Waals surface area contributed by atoms with E-state index in [-0.39, 0.29) is 12.4 Å². The molecule has 0 spiro atoms. The lowest BCUT2D eigenvalue weighted by Gasteiger charge is -2.10. The molecule has 0 heterocycles. The van der Waals surface area contributed by atoms with Gasteiger partial charge in [0.15, 0.2) is 18.2 Å². The summed E-state index contributed by atoms with van der Waals surface area (Å²) in [6.07, 6.45) is 0. The number of carbonyl (C=O) groups excluding carboxylic acids is 1. The molecule has 2 rings (SSSR count). The Balaban J connectivity index is 1.97. The number of ether oxygens (including phenoxy) is 1. The number of hydrogen-bond donors (Lipinski definition) is 2. The van der Waals surface area contributed by atoms with Crippen LogP contribution in [0.1, 0.15) is 11.1 Å². The van der Waals surface area contributed by atoms with Crippen molar-refractivity contribution in [2.45, 2.75) is 13.8 Å². The van der Waals surface area contributed by atoms with Crippen molar-refractivity contribution in [3.63, 3.8) is 0 Å². The Morgan fingerprint density at radius 3 is 2.57 bits per heavy atom. The molecular formula is C16H17FN2O2. The standard InChI is InChI=1S/C16H17FN2O2/c1-10-4-6-14(13(18)7-10)19-16(20)9-21-15-8-11(2)3-5-12(15)17/h3-8H,9,18H2,1-2H3,(H,19,20). The molecule has 0 fully saturated rings. The van der Waals surface area contributed by atoms with E-state index in [1.54, 1.807) is 24.3 Å². The Labute approximate surface area is 122 Å². The minimum atomic E-state index is -0.497. The van der Waals surface area contributed by atoms with E-state index in [0.717, 1.165) is 11.1 Å². The van der Waals surface area contributed by atoms with Crippen LogP contribution in [0.15, 0.2) is 36.4 Å². The number of nitrogens with two attached hydrogens (primary N) is 1. The van der Waals surface area contributed by atoms with Gasteiger partial charge < -0.3 is 15.8 Å². The zero-order chi connectivity index (χ0) is 15.4. The third kappa shape index (κ3) is 3.95. The first-order valence-electron chi connectivity index (χ1n) is 6.50. The fourth-order valence-corrected chi connectivity index (χ4v) is 1.85. The van der Waals surface area contributed by atoms with Gasteiger partial charge in [-0.25, -0.2) is 4.39 Å². The molecule has 21 heavy (non-hydrogen) atoms. The van der Waals surface area contributed by atoms with E-state index in [2.05, 4.69) is 5.32 Å². The van der Waals surface area contributed by atoms with Crippen LogP contribution < -0.4 is 15.8 Å². The van der Waals surface area contributed by atoms with E-state index < -0.39 is 11.7 Å². The van der Waals surface area contributed by atoms with E-state index in [1.165, 1.54) is 6.07 Å². The van der Waals surface area contributed by atoms with Crippen LogP contribution in [-0.2, 0) is 4.79 Å². The van der Waals surface area contributed by atoms with Gasteiger partial charge in [0.2, 0.25) is 0 Å². The molecule has 2 aromatic carbocycles. The summed E-state index contributed by atoms with van der Waals surface area (Å²) >= 11 is 0. The van der Waals surface area contributed by atoms with Gasteiger partial charge in [0.1, 0.15) is 0 Å². The quantitative estimate of drug-likeness (QED) is 0.850. The van der Waals surface area contributed by atoms with Crippen molar-refractivity contribution in [2.75, 3.05) is 17.7 Å². The second-order valence-corrected chi connectivity index (χ2v) is 4.86. The minimum absolute atomic E-state index is 0.0574. The molecule has 0 aliphatic rings. The molecule has 0 saturated carbocycles. The number of benzene rings is 2. The van der Waals surface area contributed by atoms with Gasteiger partial charge in [-0.2, -0.15) is 0 Å². The second-order valence-electron chi connectivity index (χ2n) is 4.86. The van der Waals surface area contributed by atoms with Gasteiger partial charge in [0.05, 0.1) is 11.4 Å². The van der Waals surface area contributed by atoms with Crippen molar-refractivity contribution in [3.05, 3.63) is 53.3 Å². The van der Waals surface area contributed by atoms with Gasteiger partial charge in [-0.05, 0) is 49.2 Å². The molecule has 2 aromatic rings. The summed E-state index contributed by atoms with van der Waals surface area (Å²) in [4.78, 5) is 11.8. The lowest BCUT2D eigenvalue weighted by molar-refractivity contribution is -0.118. The molecule has 4 nitrogen and oxygen atoms in total. The molecule has 0 aromatic heterocycles. The molecule has 0 saturated heterocycles. The van der Waals surface area contributed by atoms with Gasteiger partial charge in [-0.3, -0.25) is 4.79 Å². The summed E-state index contributed by atoms with van der Waals surface area (Å²) in [6.45, 7) is 3.44. The Morgan fingerprint density at radius 2 is 1.86 bits per heavy atom. The average molecular weight is 288 g/mol. The van der Waals surface area contributed by atoms with E-state index >= 15 is 0 Å². The van der Waals surface area contributed by atoms with Gasteiger partial charge in [-0.15, -0.1) is 0 Å². The van der Waals surface area contributed by atoms with Crippen molar-refractivity contribution in [2.24, 2.45) is 0 Å². The Morgan fingerprint density at radius 1 is 1.19 bits per heavy atom. The Bertz CT molecular complexity index is 671. The molecular weight excluding hydrogens is 271 g/mol. The third-order valence-electron chi connectivity index (χ3n) is 2.93. The van der Waals surface area contributed by atoms with Gasteiger partial charge in [0, 0.05) is 0 Å². The highest BCUT2D eigenvalue weighted by molar-refractivity contribution is 5.94. The number of halogens is 1. The number of nitrogen functional groups attached to an aromatic ring is 1. The van der Waals surface area contributed by atoms with Crippen molar-refractivity contribution in [1.29, 1.82) is 0 Å². The summed E-state index contributed by atoms with van der Waals surface area (Å²) < 4.78 is 18.7. The largest absolute Gasteiger partial charge is 0.481 e. The predicted molar refractivity (Wildman–Crippen MR) is 80.9 cm³/mol. The predicted octanol–water partition coefficient (Wildman–Crippen LogP) is 3.04. The Hall–Kier alpha value is -2.56. The summed E-state index contributed by atoms with van der Waals surface area (Å²) in [7, 11) is 0. The van der Waals surface area contributed by atoms with Crippen LogP contribution >= 0.6 is 0 Å². The molecule has 0 unspecified atom stereocenters. The molecule has 0 bridgehead atoms. The minimum Gasteiger partial charge on any atom is -0.481 e. The fourth-order valence-electron chi connectivity index (χ4n) is 1.85. The van der Waals surface area contributed by atoms with Crippen LogP contribution in [-0.4, -0.2) is 12.5 Å². The molecule has 0 atom stereocenters. The molecule has 110 valence electrons. The van der Waals surface area contributed by atoms with Gasteiger partial charge >= 0.3 is 0 Å². The maximum atomic E-state index is 13.5. The van der Waals surface area contributed by atoms with E-state index in [1.807, 2.05) is 19.9 Å². The molecule has 0 aliphatic heterocycles. The van der Waals surface area contributed by atoms with E-state index in [0.29, 0.717) is 11.4 Å². The fraction of sp³-hybridized carbons (Fsp3) is 0.188.